The number of furan rings is 2. The molecule has 0 spiro atoms. The van der Waals surface area contributed by atoms with Crippen LogP contribution in [0.2, 0.25) is 0 Å². The van der Waals surface area contributed by atoms with Crippen molar-refractivity contribution in [3.05, 3.63) is 243 Å². The highest BCUT2D eigenvalue weighted by Crippen LogP contribution is 2.44. The monoisotopic (exact) mass is 908 g/mol. The Hall–Kier alpha value is -8.16. The molecule has 2 heterocycles. The number of anilines is 6. The molecule has 68 heavy (non-hydrogen) atoms. The molecule has 0 saturated heterocycles. The highest BCUT2D eigenvalue weighted by molar-refractivity contribution is 7.99. The molecule has 0 aliphatic rings. The molecule has 0 unspecified atom stereocenters. The summed E-state index contributed by atoms with van der Waals surface area (Å²) >= 11 is 3.54. The molecule has 2 aromatic heterocycles. The molecule has 0 saturated carbocycles. The molecule has 0 atom stereocenters. The van der Waals surface area contributed by atoms with E-state index in [4.69, 9.17) is 8.83 Å². The quantitative estimate of drug-likeness (QED) is 0.136. The highest BCUT2D eigenvalue weighted by atomic mass is 32.2. The van der Waals surface area contributed by atoms with Gasteiger partial charge in [-0.05, 0) is 168 Å². The summed E-state index contributed by atoms with van der Waals surface area (Å²) in [5.41, 5.74) is 9.96. The average Bonchev–Trinajstić information content (AvgIpc) is 3.95. The number of nitrogens with zero attached hydrogens (tertiary/aromatic N) is 2. The van der Waals surface area contributed by atoms with E-state index in [1.54, 1.807) is 23.5 Å². The summed E-state index contributed by atoms with van der Waals surface area (Å²) in [6.07, 6.45) is 0. The van der Waals surface area contributed by atoms with Crippen molar-refractivity contribution < 1.29 is 8.83 Å². The van der Waals surface area contributed by atoms with E-state index < -0.39 is 0 Å². The minimum Gasteiger partial charge on any atom is -0.455 e. The first kappa shape index (κ1) is 40.1. The molecule has 6 heteroatoms. The molecule has 0 N–H and O–H groups in total. The lowest BCUT2D eigenvalue weighted by Crippen LogP contribution is -2.09. The van der Waals surface area contributed by atoms with E-state index in [0.29, 0.717) is 0 Å². The zero-order valence-electron chi connectivity index (χ0n) is 36.6. The number of hydrogen-bond acceptors (Lipinski definition) is 6. The topological polar surface area (TPSA) is 32.8 Å². The van der Waals surface area contributed by atoms with Crippen LogP contribution in [0.1, 0.15) is 0 Å². The van der Waals surface area contributed by atoms with Crippen molar-refractivity contribution in [1.29, 1.82) is 0 Å². The van der Waals surface area contributed by atoms with E-state index in [-0.39, 0.29) is 0 Å². The smallest absolute Gasteiger partial charge is 0.143 e. The van der Waals surface area contributed by atoms with Crippen LogP contribution in [-0.4, -0.2) is 0 Å². The number of benzene rings is 11. The third-order valence-corrected chi connectivity index (χ3v) is 14.7. The number of para-hydroxylation sites is 2. The molecule has 0 fully saturated rings. The van der Waals surface area contributed by atoms with Gasteiger partial charge < -0.3 is 18.6 Å². The minimum absolute atomic E-state index is 0.841. The first-order valence-electron chi connectivity index (χ1n) is 22.7. The summed E-state index contributed by atoms with van der Waals surface area (Å²) in [5.74, 6) is 0. The van der Waals surface area contributed by atoms with Gasteiger partial charge in [-0.1, -0.05) is 108 Å². The predicted octanol–water partition coefficient (Wildman–Crippen LogP) is 19.0. The zero-order chi connectivity index (χ0) is 45.0. The SMILES string of the molecule is c1ccc(Sc2ccc(N(c3ccccc3)c3ccc4c(ccc5c6cc7oc8c9ccc(N(c%10ccccc%10)c%10ccc(Sc%11ccccc%11)cc%10)cc9ccc8c7cc6oc45)c3)cc2)cc1. The first-order chi connectivity index (χ1) is 33.7. The van der Waals surface area contributed by atoms with Gasteiger partial charge in [-0.2, -0.15) is 0 Å². The summed E-state index contributed by atoms with van der Waals surface area (Å²) in [7, 11) is 0. The third-order valence-electron chi connectivity index (χ3n) is 12.7. The molecule has 11 aromatic carbocycles. The maximum Gasteiger partial charge on any atom is 0.143 e. The Morgan fingerprint density at radius 2 is 0.574 bits per heavy atom. The van der Waals surface area contributed by atoms with Crippen molar-refractivity contribution in [2.45, 2.75) is 19.6 Å². The van der Waals surface area contributed by atoms with Crippen molar-refractivity contribution in [3.8, 4) is 0 Å². The molecule has 0 bridgehead atoms. The van der Waals surface area contributed by atoms with Gasteiger partial charge in [0.05, 0.1) is 0 Å². The van der Waals surface area contributed by atoms with E-state index in [1.807, 2.05) is 0 Å². The second kappa shape index (κ2) is 16.9. The third kappa shape index (κ3) is 7.31. The second-order valence-electron chi connectivity index (χ2n) is 16.9. The van der Waals surface area contributed by atoms with E-state index >= 15 is 0 Å². The van der Waals surface area contributed by atoms with Crippen LogP contribution in [-0.2, 0) is 0 Å². The van der Waals surface area contributed by atoms with Crippen LogP contribution in [0.15, 0.2) is 271 Å². The Kier molecular flexibility index (Phi) is 9.99. The van der Waals surface area contributed by atoms with Gasteiger partial charge in [0, 0.05) is 86.0 Å². The van der Waals surface area contributed by atoms with Gasteiger partial charge in [0.2, 0.25) is 0 Å². The number of hydrogen-bond donors (Lipinski definition) is 0. The van der Waals surface area contributed by atoms with Crippen LogP contribution < -0.4 is 9.80 Å². The first-order valence-corrected chi connectivity index (χ1v) is 24.3. The Balaban J connectivity index is 0.841. The Labute approximate surface area is 401 Å². The summed E-state index contributed by atoms with van der Waals surface area (Å²) in [6, 6.07) is 86.2. The van der Waals surface area contributed by atoms with Crippen molar-refractivity contribution >= 4 is 123 Å². The van der Waals surface area contributed by atoms with E-state index in [9.17, 15) is 0 Å². The molecule has 322 valence electrons. The minimum atomic E-state index is 0.841. The summed E-state index contributed by atoms with van der Waals surface area (Å²) in [6.45, 7) is 0. The van der Waals surface area contributed by atoms with Gasteiger partial charge in [0.15, 0.2) is 0 Å². The maximum atomic E-state index is 6.81. The molecule has 0 aliphatic heterocycles. The van der Waals surface area contributed by atoms with Crippen LogP contribution in [0.5, 0.6) is 0 Å². The fourth-order valence-corrected chi connectivity index (χ4v) is 11.2. The number of fused-ring (bicyclic) bond motifs is 10. The molecule has 0 amide bonds. The fraction of sp³-hybridized carbons (Fsp3) is 0. The normalized spacial score (nSPS) is 11.6. The summed E-state index contributed by atoms with van der Waals surface area (Å²) < 4.78 is 13.6. The van der Waals surface area contributed by atoms with Crippen LogP contribution in [0, 0.1) is 0 Å². The second-order valence-corrected chi connectivity index (χ2v) is 19.2. The largest absolute Gasteiger partial charge is 0.455 e. The van der Waals surface area contributed by atoms with Crippen molar-refractivity contribution in [2.75, 3.05) is 9.80 Å². The summed E-state index contributed by atoms with van der Waals surface area (Å²) in [5, 5.41) is 8.56. The Bertz CT molecular complexity index is 3690. The lowest BCUT2D eigenvalue weighted by atomic mass is 10.0. The van der Waals surface area contributed by atoms with Crippen LogP contribution in [0.25, 0.3) is 65.4 Å². The molecule has 13 aromatic rings. The van der Waals surface area contributed by atoms with Gasteiger partial charge in [0.1, 0.15) is 22.3 Å². The Morgan fingerprint density at radius 1 is 0.250 bits per heavy atom. The lowest BCUT2D eigenvalue weighted by Gasteiger charge is -2.26. The van der Waals surface area contributed by atoms with E-state index in [2.05, 4.69) is 252 Å². The predicted molar refractivity (Wildman–Crippen MR) is 287 cm³/mol. The fourth-order valence-electron chi connectivity index (χ4n) is 9.49. The standard InChI is InChI=1S/C62H40N2O2S2/c1-5-13-43(14-6-1)63(45-23-29-51(30-24-45)67-49-17-9-3-10-18-49)47-27-35-53-41(37-47)21-33-55-57-39-60-58(40-59(57)65-61(53)55)56-34-22-42-38-48(28-36-54(42)62(56)66-60)64(44-15-7-2-8-16-44)46-25-31-52(32-26-46)68-50-19-11-4-12-20-50/h1-40H. The zero-order valence-corrected chi connectivity index (χ0v) is 38.3. The van der Waals surface area contributed by atoms with E-state index in [1.165, 1.54) is 19.6 Å². The maximum absolute atomic E-state index is 6.81. The molecular formula is C62H40N2O2S2. The van der Waals surface area contributed by atoms with Gasteiger partial charge in [-0.25, -0.2) is 0 Å². The van der Waals surface area contributed by atoms with Gasteiger partial charge in [-0.15, -0.1) is 0 Å². The molecular weight excluding hydrogens is 869 g/mol. The molecule has 0 radical (unpaired) electrons. The summed E-state index contributed by atoms with van der Waals surface area (Å²) in [4.78, 5) is 9.47. The highest BCUT2D eigenvalue weighted by Gasteiger charge is 2.20. The molecule has 13 rings (SSSR count). The van der Waals surface area contributed by atoms with Gasteiger partial charge in [0.25, 0.3) is 0 Å². The Morgan fingerprint density at radius 3 is 0.971 bits per heavy atom. The average molecular weight is 909 g/mol. The molecule has 4 nitrogen and oxygen atoms in total. The van der Waals surface area contributed by atoms with Crippen LogP contribution in [0.4, 0.5) is 34.1 Å². The van der Waals surface area contributed by atoms with Crippen molar-refractivity contribution in [3.63, 3.8) is 0 Å². The van der Waals surface area contributed by atoms with Gasteiger partial charge in [-0.3, -0.25) is 0 Å². The van der Waals surface area contributed by atoms with Crippen LogP contribution in [0.3, 0.4) is 0 Å². The van der Waals surface area contributed by atoms with Gasteiger partial charge >= 0.3 is 0 Å². The number of rotatable bonds is 10. The van der Waals surface area contributed by atoms with Crippen molar-refractivity contribution in [1.82, 2.24) is 0 Å². The molecule has 0 aliphatic carbocycles. The lowest BCUT2D eigenvalue weighted by molar-refractivity contribution is 0.667. The van der Waals surface area contributed by atoms with Crippen molar-refractivity contribution in [2.24, 2.45) is 0 Å². The van der Waals surface area contributed by atoms with Crippen LogP contribution >= 0.6 is 23.5 Å². The van der Waals surface area contributed by atoms with E-state index in [0.717, 1.165) is 99.5 Å².